The van der Waals surface area contributed by atoms with Gasteiger partial charge in [0.2, 0.25) is 12.7 Å². The van der Waals surface area contributed by atoms with E-state index < -0.39 is 0 Å². The molecule has 1 amide bonds. The van der Waals surface area contributed by atoms with Crippen LogP contribution in [0.1, 0.15) is 15.9 Å². The maximum Gasteiger partial charge on any atom is 0.251 e. The van der Waals surface area contributed by atoms with Crippen LogP contribution in [-0.2, 0) is 6.54 Å². The van der Waals surface area contributed by atoms with E-state index in [-0.39, 0.29) is 12.7 Å². The molecule has 1 N–H and O–H groups in total. The Hall–Kier alpha value is -3.87. The Kier molecular flexibility index (Phi) is 3.90. The normalized spacial score (nSPS) is 12.3. The lowest BCUT2D eigenvalue weighted by molar-refractivity contribution is 0.0950. The van der Waals surface area contributed by atoms with E-state index in [1.54, 1.807) is 24.4 Å². The summed E-state index contributed by atoms with van der Waals surface area (Å²) in [4.78, 5) is 20.9. The number of benzene rings is 2. The topological polar surface area (TPSA) is 86.5 Å². The van der Waals surface area contributed by atoms with E-state index in [2.05, 4.69) is 15.3 Å². The largest absolute Gasteiger partial charge is 0.454 e. The lowest BCUT2D eigenvalue weighted by atomic mass is 10.1. The number of aromatic nitrogens is 2. The van der Waals surface area contributed by atoms with Gasteiger partial charge in [0.05, 0.1) is 0 Å². The van der Waals surface area contributed by atoms with E-state index >= 15 is 0 Å². The van der Waals surface area contributed by atoms with Crippen molar-refractivity contribution in [3.05, 3.63) is 71.9 Å². The van der Waals surface area contributed by atoms with Gasteiger partial charge >= 0.3 is 0 Å². The van der Waals surface area contributed by atoms with Gasteiger partial charge in [-0.25, -0.2) is 4.98 Å². The number of nitrogens with one attached hydrogen (secondary N) is 1. The van der Waals surface area contributed by atoms with Gasteiger partial charge < -0.3 is 19.2 Å². The zero-order valence-corrected chi connectivity index (χ0v) is 14.7. The van der Waals surface area contributed by atoms with Crippen LogP contribution in [0, 0.1) is 0 Å². The number of hydrogen-bond donors (Lipinski definition) is 1. The van der Waals surface area contributed by atoms with Crippen LogP contribution in [0.2, 0.25) is 0 Å². The summed E-state index contributed by atoms with van der Waals surface area (Å²) in [6, 6.07) is 16.5. The van der Waals surface area contributed by atoms with Gasteiger partial charge in [-0.15, -0.1) is 0 Å². The van der Waals surface area contributed by atoms with Gasteiger partial charge in [0.15, 0.2) is 22.7 Å². The first-order chi connectivity index (χ1) is 13.8. The van der Waals surface area contributed by atoms with Crippen molar-refractivity contribution in [3.63, 3.8) is 0 Å². The van der Waals surface area contributed by atoms with E-state index in [0.29, 0.717) is 40.7 Å². The summed E-state index contributed by atoms with van der Waals surface area (Å²) >= 11 is 0. The standard InChI is InChI=1S/C21H15N3O4/c25-20(15-7-8-16-18(10-15)27-12-26-16)23-11-13-3-5-14(6-4-13)21-24-19-17(28-21)2-1-9-22-19/h1-10H,11-12H2,(H,23,25). The molecule has 0 spiro atoms. The molecule has 0 aliphatic carbocycles. The average molecular weight is 373 g/mol. The number of pyridine rings is 1. The molecule has 2 aromatic heterocycles. The van der Waals surface area contributed by atoms with Crippen molar-refractivity contribution < 1.29 is 18.7 Å². The molecule has 0 bridgehead atoms. The van der Waals surface area contributed by atoms with Crippen LogP contribution in [0.3, 0.4) is 0 Å². The maximum absolute atomic E-state index is 12.4. The number of carbonyl (C=O) groups excluding carboxylic acids is 1. The molecule has 2 aromatic carbocycles. The number of fused-ring (bicyclic) bond motifs is 2. The Balaban J connectivity index is 1.26. The van der Waals surface area contributed by atoms with Gasteiger partial charge in [-0.05, 0) is 48.0 Å². The van der Waals surface area contributed by atoms with E-state index in [0.717, 1.165) is 11.1 Å². The summed E-state index contributed by atoms with van der Waals surface area (Å²) in [7, 11) is 0. The summed E-state index contributed by atoms with van der Waals surface area (Å²) in [5.74, 6) is 1.59. The van der Waals surface area contributed by atoms with Gasteiger partial charge in [-0.2, -0.15) is 4.98 Å². The monoisotopic (exact) mass is 373 g/mol. The highest BCUT2D eigenvalue weighted by atomic mass is 16.7. The lowest BCUT2D eigenvalue weighted by Crippen LogP contribution is -2.22. The molecule has 1 aliphatic rings. The molecular weight excluding hydrogens is 358 g/mol. The van der Waals surface area contributed by atoms with Crippen molar-refractivity contribution in [3.8, 4) is 23.0 Å². The summed E-state index contributed by atoms with van der Waals surface area (Å²) in [5.41, 5.74) is 3.57. The Morgan fingerprint density at radius 2 is 1.89 bits per heavy atom. The fourth-order valence-electron chi connectivity index (χ4n) is 2.98. The third-order valence-electron chi connectivity index (χ3n) is 4.45. The van der Waals surface area contributed by atoms with Crippen LogP contribution in [-0.4, -0.2) is 22.7 Å². The number of rotatable bonds is 4. The fraction of sp³-hybridized carbons (Fsp3) is 0.0952. The van der Waals surface area contributed by atoms with Crippen molar-refractivity contribution in [2.75, 3.05) is 6.79 Å². The smallest absolute Gasteiger partial charge is 0.251 e. The van der Waals surface area contributed by atoms with Crippen molar-refractivity contribution in [2.24, 2.45) is 0 Å². The molecule has 3 heterocycles. The van der Waals surface area contributed by atoms with Crippen LogP contribution in [0.5, 0.6) is 11.5 Å². The first-order valence-corrected chi connectivity index (χ1v) is 8.75. The summed E-state index contributed by atoms with van der Waals surface area (Å²) in [6.45, 7) is 0.589. The second-order valence-electron chi connectivity index (χ2n) is 6.29. The highest BCUT2D eigenvalue weighted by Crippen LogP contribution is 2.32. The molecule has 0 atom stereocenters. The quantitative estimate of drug-likeness (QED) is 0.589. The van der Waals surface area contributed by atoms with E-state index in [4.69, 9.17) is 13.9 Å². The third-order valence-corrected chi connectivity index (χ3v) is 4.45. The van der Waals surface area contributed by atoms with Gasteiger partial charge in [-0.3, -0.25) is 4.79 Å². The van der Waals surface area contributed by atoms with Crippen LogP contribution >= 0.6 is 0 Å². The molecule has 0 unspecified atom stereocenters. The molecule has 7 nitrogen and oxygen atoms in total. The molecule has 0 fully saturated rings. The minimum atomic E-state index is -0.174. The highest BCUT2D eigenvalue weighted by Gasteiger charge is 2.16. The van der Waals surface area contributed by atoms with Crippen molar-refractivity contribution >= 4 is 17.1 Å². The van der Waals surface area contributed by atoms with E-state index in [1.165, 1.54) is 0 Å². The summed E-state index contributed by atoms with van der Waals surface area (Å²) in [6.07, 6.45) is 1.68. The van der Waals surface area contributed by atoms with Crippen LogP contribution in [0.25, 0.3) is 22.7 Å². The molecule has 7 heteroatoms. The van der Waals surface area contributed by atoms with E-state index in [9.17, 15) is 4.79 Å². The van der Waals surface area contributed by atoms with Gasteiger partial charge in [-0.1, -0.05) is 12.1 Å². The number of carbonyl (C=O) groups is 1. The highest BCUT2D eigenvalue weighted by molar-refractivity contribution is 5.94. The first kappa shape index (κ1) is 16.3. The Morgan fingerprint density at radius 1 is 1.04 bits per heavy atom. The zero-order valence-electron chi connectivity index (χ0n) is 14.7. The van der Waals surface area contributed by atoms with Crippen molar-refractivity contribution in [2.45, 2.75) is 6.54 Å². The Bertz CT molecular complexity index is 1130. The predicted octanol–water partition coefficient (Wildman–Crippen LogP) is 3.55. The average Bonchev–Trinajstić information content (AvgIpc) is 3.38. The molecular formula is C21H15N3O4. The molecule has 0 radical (unpaired) electrons. The number of nitrogens with zero attached hydrogens (tertiary/aromatic N) is 2. The van der Waals surface area contributed by atoms with Gasteiger partial charge in [0.25, 0.3) is 5.91 Å². The number of oxazole rings is 1. The minimum Gasteiger partial charge on any atom is -0.454 e. The molecule has 0 saturated carbocycles. The molecule has 28 heavy (non-hydrogen) atoms. The fourth-order valence-corrected chi connectivity index (χ4v) is 2.98. The zero-order chi connectivity index (χ0) is 18.9. The number of amides is 1. The van der Waals surface area contributed by atoms with Gasteiger partial charge in [0, 0.05) is 23.9 Å². The second-order valence-corrected chi connectivity index (χ2v) is 6.29. The predicted molar refractivity (Wildman–Crippen MR) is 101 cm³/mol. The first-order valence-electron chi connectivity index (χ1n) is 8.75. The van der Waals surface area contributed by atoms with E-state index in [1.807, 2.05) is 36.4 Å². The summed E-state index contributed by atoms with van der Waals surface area (Å²) in [5, 5.41) is 2.90. The maximum atomic E-state index is 12.4. The molecule has 1 aliphatic heterocycles. The summed E-state index contributed by atoms with van der Waals surface area (Å²) < 4.78 is 16.3. The minimum absolute atomic E-state index is 0.174. The lowest BCUT2D eigenvalue weighted by Gasteiger charge is -2.07. The van der Waals surface area contributed by atoms with Gasteiger partial charge in [0.1, 0.15) is 0 Å². The van der Waals surface area contributed by atoms with Crippen LogP contribution in [0.4, 0.5) is 0 Å². The molecule has 0 saturated heterocycles. The SMILES string of the molecule is O=C(NCc1ccc(-c2nc3ncccc3o2)cc1)c1ccc2c(c1)OCO2. The Morgan fingerprint density at radius 3 is 2.75 bits per heavy atom. The second kappa shape index (κ2) is 6.70. The third kappa shape index (κ3) is 3.03. The van der Waals surface area contributed by atoms with Crippen molar-refractivity contribution in [1.82, 2.24) is 15.3 Å². The molecule has 4 aromatic rings. The van der Waals surface area contributed by atoms with Crippen molar-refractivity contribution in [1.29, 1.82) is 0 Å². The molecule has 5 rings (SSSR count). The number of hydrogen-bond acceptors (Lipinski definition) is 6. The Labute approximate surface area is 159 Å². The van der Waals surface area contributed by atoms with Crippen LogP contribution in [0.15, 0.2) is 65.2 Å². The molecule has 138 valence electrons. The number of ether oxygens (including phenoxy) is 2. The van der Waals surface area contributed by atoms with Crippen LogP contribution < -0.4 is 14.8 Å².